The molecule has 5 rings (SSSR count). The molecule has 0 aliphatic heterocycles. The zero-order valence-electron chi connectivity index (χ0n) is 18.2. The van der Waals surface area contributed by atoms with Crippen LogP contribution < -0.4 is 15.6 Å². The minimum absolute atomic E-state index is 0.0192. The second-order valence-electron chi connectivity index (χ2n) is 7.42. The van der Waals surface area contributed by atoms with Crippen molar-refractivity contribution in [2.45, 2.75) is 6.92 Å². The molecule has 168 valence electrons. The lowest BCUT2D eigenvalue weighted by Gasteiger charge is -2.13. The number of rotatable bonds is 6. The molecule has 2 aromatic heterocycles. The number of carbonyl (C=O) groups excluding carboxylic acids is 1. The van der Waals surface area contributed by atoms with E-state index in [4.69, 9.17) is 4.74 Å². The predicted molar refractivity (Wildman–Crippen MR) is 134 cm³/mol. The molecule has 0 bridgehead atoms. The van der Waals surface area contributed by atoms with E-state index in [1.165, 1.54) is 11.3 Å². The highest BCUT2D eigenvalue weighted by molar-refractivity contribution is 7.22. The smallest absolute Gasteiger partial charge is 0.277 e. The van der Waals surface area contributed by atoms with Crippen LogP contribution in [0.15, 0.2) is 83.7 Å². The van der Waals surface area contributed by atoms with E-state index in [1.807, 2.05) is 85.8 Å². The van der Waals surface area contributed by atoms with Crippen LogP contribution in [0, 0.1) is 0 Å². The Morgan fingerprint density at radius 2 is 1.71 bits per heavy atom. The fourth-order valence-corrected chi connectivity index (χ4v) is 4.62. The fraction of sp³-hybridized carbons (Fsp3) is 0.0769. The maximum Gasteiger partial charge on any atom is 0.277 e. The SMILES string of the molecule is CCOc1ccc2nc(NC(=O)c3c(-c4ccccc4)c(-c4ccccc4)n[nH]c3=O)sc2c1. The quantitative estimate of drug-likeness (QED) is 0.349. The van der Waals surface area contributed by atoms with Crippen molar-refractivity contribution in [2.24, 2.45) is 0 Å². The third-order valence-corrected chi connectivity index (χ3v) is 6.14. The molecule has 7 nitrogen and oxygen atoms in total. The van der Waals surface area contributed by atoms with Gasteiger partial charge in [0.15, 0.2) is 5.13 Å². The van der Waals surface area contributed by atoms with E-state index in [2.05, 4.69) is 20.5 Å². The summed E-state index contributed by atoms with van der Waals surface area (Å²) in [5.74, 6) is 0.185. The van der Waals surface area contributed by atoms with Gasteiger partial charge in [-0.3, -0.25) is 14.9 Å². The van der Waals surface area contributed by atoms with Crippen molar-refractivity contribution in [1.82, 2.24) is 15.2 Å². The van der Waals surface area contributed by atoms with Crippen LogP contribution >= 0.6 is 11.3 Å². The molecule has 0 aliphatic rings. The highest BCUT2D eigenvalue weighted by Gasteiger charge is 2.24. The van der Waals surface area contributed by atoms with E-state index in [1.54, 1.807) is 0 Å². The first kappa shape index (κ1) is 21.5. The molecule has 0 saturated heterocycles. The lowest BCUT2D eigenvalue weighted by atomic mass is 9.95. The molecule has 3 aromatic carbocycles. The van der Waals surface area contributed by atoms with Gasteiger partial charge in [0.2, 0.25) is 0 Å². The molecule has 0 atom stereocenters. The number of anilines is 1. The van der Waals surface area contributed by atoms with Crippen LogP contribution in [0.1, 0.15) is 17.3 Å². The lowest BCUT2D eigenvalue weighted by molar-refractivity contribution is 0.102. The van der Waals surface area contributed by atoms with E-state index >= 15 is 0 Å². The summed E-state index contributed by atoms with van der Waals surface area (Å²) in [5.41, 5.74) is 2.63. The van der Waals surface area contributed by atoms with Crippen LogP contribution in [-0.2, 0) is 0 Å². The molecule has 1 amide bonds. The Hall–Kier alpha value is -4.30. The minimum atomic E-state index is -0.573. The second-order valence-corrected chi connectivity index (χ2v) is 8.45. The Morgan fingerprint density at radius 3 is 2.41 bits per heavy atom. The highest BCUT2D eigenvalue weighted by atomic mass is 32.1. The number of nitrogens with one attached hydrogen (secondary N) is 2. The number of hydrogen-bond donors (Lipinski definition) is 2. The van der Waals surface area contributed by atoms with Gasteiger partial charge in [0, 0.05) is 11.1 Å². The van der Waals surface area contributed by atoms with Crippen LogP contribution in [0.25, 0.3) is 32.6 Å². The van der Waals surface area contributed by atoms with Crippen molar-refractivity contribution in [3.8, 4) is 28.1 Å². The van der Waals surface area contributed by atoms with Crippen molar-refractivity contribution >= 4 is 32.6 Å². The number of ether oxygens (including phenoxy) is 1. The first-order valence-electron chi connectivity index (χ1n) is 10.7. The topological polar surface area (TPSA) is 97.0 Å². The molecule has 2 N–H and O–H groups in total. The van der Waals surface area contributed by atoms with Crippen LogP contribution in [0.4, 0.5) is 5.13 Å². The molecule has 0 fully saturated rings. The molecule has 0 spiro atoms. The normalized spacial score (nSPS) is 10.9. The van der Waals surface area contributed by atoms with Gasteiger partial charge in [-0.05, 0) is 30.7 Å². The number of H-pyrrole nitrogens is 1. The molecule has 34 heavy (non-hydrogen) atoms. The van der Waals surface area contributed by atoms with E-state index in [0.717, 1.165) is 27.1 Å². The van der Waals surface area contributed by atoms with Gasteiger partial charge in [0.05, 0.1) is 22.5 Å². The molecule has 2 heterocycles. The van der Waals surface area contributed by atoms with Gasteiger partial charge >= 0.3 is 0 Å². The molecule has 0 saturated carbocycles. The summed E-state index contributed by atoms with van der Waals surface area (Å²) < 4.78 is 6.42. The fourth-order valence-electron chi connectivity index (χ4n) is 3.73. The Labute approximate surface area is 199 Å². The Balaban J connectivity index is 1.60. The molecule has 8 heteroatoms. The molecular weight excluding hydrogens is 448 g/mol. The Kier molecular flexibility index (Phi) is 5.88. The van der Waals surface area contributed by atoms with Crippen LogP contribution in [0.2, 0.25) is 0 Å². The number of carbonyl (C=O) groups is 1. The number of hydrogen-bond acceptors (Lipinski definition) is 6. The van der Waals surface area contributed by atoms with Crippen molar-refractivity contribution in [2.75, 3.05) is 11.9 Å². The molecule has 0 radical (unpaired) electrons. The average molecular weight is 469 g/mol. The third kappa shape index (κ3) is 4.18. The molecule has 0 unspecified atom stereocenters. The average Bonchev–Trinajstić information content (AvgIpc) is 3.26. The predicted octanol–water partition coefficient (Wildman–Crippen LogP) is 5.36. The van der Waals surface area contributed by atoms with Gasteiger partial charge in [-0.1, -0.05) is 72.0 Å². The van der Waals surface area contributed by atoms with Gasteiger partial charge in [0.25, 0.3) is 11.5 Å². The first-order valence-corrected chi connectivity index (χ1v) is 11.5. The summed E-state index contributed by atoms with van der Waals surface area (Å²) >= 11 is 1.32. The molecular formula is C26H20N4O3S. The van der Waals surface area contributed by atoms with Crippen molar-refractivity contribution in [1.29, 1.82) is 0 Å². The molecule has 5 aromatic rings. The number of nitrogens with zero attached hydrogens (tertiary/aromatic N) is 2. The van der Waals surface area contributed by atoms with E-state index in [0.29, 0.717) is 23.0 Å². The van der Waals surface area contributed by atoms with Crippen LogP contribution in [0.3, 0.4) is 0 Å². The summed E-state index contributed by atoms with van der Waals surface area (Å²) in [5, 5.41) is 9.99. The van der Waals surface area contributed by atoms with E-state index < -0.39 is 11.5 Å². The number of aromatic amines is 1. The summed E-state index contributed by atoms with van der Waals surface area (Å²) in [4.78, 5) is 30.8. The highest BCUT2D eigenvalue weighted by Crippen LogP contribution is 2.33. The van der Waals surface area contributed by atoms with Crippen LogP contribution in [0.5, 0.6) is 5.75 Å². The summed E-state index contributed by atoms with van der Waals surface area (Å²) in [6.07, 6.45) is 0. The van der Waals surface area contributed by atoms with Crippen molar-refractivity contribution in [3.63, 3.8) is 0 Å². The second kappa shape index (κ2) is 9.29. The standard InChI is InChI=1S/C26H20N4O3S/c1-2-33-18-13-14-19-20(15-18)34-26(27-19)28-24(31)22-21(16-9-5-3-6-10-16)23(29-30-25(22)32)17-11-7-4-8-12-17/h3-15H,2H2,1H3,(H,30,32)(H,27,28,31). The maximum atomic E-state index is 13.4. The van der Waals surface area contributed by atoms with Crippen molar-refractivity contribution < 1.29 is 9.53 Å². The Morgan fingerprint density at radius 1 is 1.00 bits per heavy atom. The number of thiazole rings is 1. The first-order chi connectivity index (χ1) is 16.6. The number of benzene rings is 3. The summed E-state index contributed by atoms with van der Waals surface area (Å²) in [7, 11) is 0. The van der Waals surface area contributed by atoms with Gasteiger partial charge in [-0.15, -0.1) is 0 Å². The van der Waals surface area contributed by atoms with Crippen LogP contribution in [-0.4, -0.2) is 27.7 Å². The number of amides is 1. The maximum absolute atomic E-state index is 13.4. The van der Waals surface area contributed by atoms with Gasteiger partial charge in [0.1, 0.15) is 11.3 Å². The summed E-state index contributed by atoms with van der Waals surface area (Å²) in [6, 6.07) is 24.3. The van der Waals surface area contributed by atoms with Gasteiger partial charge < -0.3 is 4.74 Å². The molecule has 0 aliphatic carbocycles. The minimum Gasteiger partial charge on any atom is -0.494 e. The lowest BCUT2D eigenvalue weighted by Crippen LogP contribution is -2.26. The van der Waals surface area contributed by atoms with Gasteiger partial charge in [-0.2, -0.15) is 5.10 Å². The van der Waals surface area contributed by atoms with Gasteiger partial charge in [-0.25, -0.2) is 10.1 Å². The van der Waals surface area contributed by atoms with E-state index in [9.17, 15) is 9.59 Å². The largest absolute Gasteiger partial charge is 0.494 e. The Bertz CT molecular complexity index is 1530. The van der Waals surface area contributed by atoms with E-state index in [-0.39, 0.29) is 5.56 Å². The number of aromatic nitrogens is 3. The number of fused-ring (bicyclic) bond motifs is 1. The zero-order chi connectivity index (χ0) is 23.5. The monoisotopic (exact) mass is 468 g/mol. The summed E-state index contributed by atoms with van der Waals surface area (Å²) in [6.45, 7) is 2.48. The zero-order valence-corrected chi connectivity index (χ0v) is 19.1. The third-order valence-electron chi connectivity index (χ3n) is 5.21. The van der Waals surface area contributed by atoms with Crippen molar-refractivity contribution in [3.05, 3.63) is 94.8 Å².